The summed E-state index contributed by atoms with van der Waals surface area (Å²) in [4.78, 5) is 0. The Morgan fingerprint density at radius 2 is 1.68 bits per heavy atom. The van der Waals surface area contributed by atoms with Gasteiger partial charge in [-0.2, -0.15) is 8.42 Å². The van der Waals surface area contributed by atoms with Crippen LogP contribution in [0.25, 0.3) is 0 Å². The van der Waals surface area contributed by atoms with Crippen LogP contribution in [0.4, 0.5) is 30.2 Å². The largest absolute Gasteiger partial charge is 0.376 e. The Labute approximate surface area is 160 Å². The number of para-hydroxylation sites is 2. The minimum Gasteiger partial charge on any atom is -0.376 e. The highest BCUT2D eigenvalue weighted by Crippen LogP contribution is 2.48. The smallest absolute Gasteiger partial charge is 0.331 e. The number of benzene rings is 2. The van der Waals surface area contributed by atoms with Gasteiger partial charge in [0.1, 0.15) is 17.2 Å². The van der Waals surface area contributed by atoms with Gasteiger partial charge in [-0.25, -0.2) is 21.8 Å². The zero-order valence-corrected chi connectivity index (χ0v) is 15.6. The fourth-order valence-corrected chi connectivity index (χ4v) is 5.21. The van der Waals surface area contributed by atoms with E-state index in [1.807, 2.05) is 0 Å². The minimum atomic E-state index is -4.44. The molecule has 1 atom stereocenters. The highest BCUT2D eigenvalue weighted by molar-refractivity contribution is 7.95. The van der Waals surface area contributed by atoms with Gasteiger partial charge in [0, 0.05) is 19.6 Å². The summed E-state index contributed by atoms with van der Waals surface area (Å²) >= 11 is 0. The van der Waals surface area contributed by atoms with Crippen LogP contribution in [-0.2, 0) is 14.9 Å². The number of ether oxygens (including phenoxy) is 1. The monoisotopic (exact) mass is 413 g/mol. The molecule has 0 radical (unpaired) electrons. The van der Waals surface area contributed by atoms with Crippen molar-refractivity contribution < 1.29 is 26.3 Å². The number of hydrogen-bond acceptors (Lipinski definition) is 4. The third-order valence-electron chi connectivity index (χ3n) is 4.74. The molecule has 6 nitrogen and oxygen atoms in total. The summed E-state index contributed by atoms with van der Waals surface area (Å²) in [7, 11) is -4.44. The Hall–Kier alpha value is -2.30. The van der Waals surface area contributed by atoms with Crippen molar-refractivity contribution >= 4 is 27.3 Å². The van der Waals surface area contributed by atoms with E-state index in [1.54, 1.807) is 0 Å². The molecule has 1 unspecified atom stereocenters. The number of nitrogens with zero attached hydrogens (tertiary/aromatic N) is 2. The molecule has 150 valence electrons. The molecule has 2 aliphatic heterocycles. The lowest BCUT2D eigenvalue weighted by molar-refractivity contribution is 0.0253. The summed E-state index contributed by atoms with van der Waals surface area (Å²) in [6.07, 6.45) is 0.0616. The van der Waals surface area contributed by atoms with Gasteiger partial charge in [-0.1, -0.05) is 12.1 Å². The van der Waals surface area contributed by atoms with Crippen LogP contribution in [0.3, 0.4) is 0 Å². The van der Waals surface area contributed by atoms with E-state index in [0.29, 0.717) is 30.4 Å². The van der Waals surface area contributed by atoms with Crippen LogP contribution in [-0.4, -0.2) is 40.8 Å². The van der Waals surface area contributed by atoms with Crippen molar-refractivity contribution in [3.63, 3.8) is 0 Å². The summed E-state index contributed by atoms with van der Waals surface area (Å²) in [5, 5.41) is 3.13. The van der Waals surface area contributed by atoms with Crippen LogP contribution < -0.4 is 13.9 Å². The zero-order valence-electron chi connectivity index (χ0n) is 14.7. The summed E-state index contributed by atoms with van der Waals surface area (Å²) in [5.74, 6) is -2.90. The molecule has 0 saturated carbocycles. The highest BCUT2D eigenvalue weighted by atomic mass is 32.2. The number of rotatable bonds is 4. The number of hydrogen-bond donors (Lipinski definition) is 1. The average molecular weight is 413 g/mol. The highest BCUT2D eigenvalue weighted by Gasteiger charge is 2.45. The second-order valence-corrected chi connectivity index (χ2v) is 8.21. The van der Waals surface area contributed by atoms with Gasteiger partial charge in [0.15, 0.2) is 11.6 Å². The molecular formula is C18H18F3N3O3S. The van der Waals surface area contributed by atoms with Gasteiger partial charge in [-0.3, -0.25) is 0 Å². The van der Waals surface area contributed by atoms with Crippen LogP contribution in [0.15, 0.2) is 36.4 Å². The van der Waals surface area contributed by atoms with E-state index in [4.69, 9.17) is 4.74 Å². The van der Waals surface area contributed by atoms with Crippen LogP contribution in [0.5, 0.6) is 0 Å². The molecule has 4 rings (SSSR count). The second-order valence-electron chi connectivity index (χ2n) is 6.51. The van der Waals surface area contributed by atoms with Crippen molar-refractivity contribution in [2.75, 3.05) is 34.9 Å². The maximum Gasteiger partial charge on any atom is 0.331 e. The predicted octanol–water partition coefficient (Wildman–Crippen LogP) is 2.69. The molecule has 1 N–H and O–H groups in total. The Balaban J connectivity index is 1.77. The van der Waals surface area contributed by atoms with E-state index in [2.05, 4.69) is 5.32 Å². The Morgan fingerprint density at radius 1 is 1.04 bits per heavy atom. The van der Waals surface area contributed by atoms with Crippen molar-refractivity contribution in [1.82, 2.24) is 5.32 Å². The van der Waals surface area contributed by atoms with Gasteiger partial charge in [0.2, 0.25) is 0 Å². The molecular weight excluding hydrogens is 395 g/mol. The summed E-state index contributed by atoms with van der Waals surface area (Å²) in [6, 6.07) is 6.78. The van der Waals surface area contributed by atoms with E-state index in [9.17, 15) is 21.6 Å². The number of halogens is 3. The molecule has 1 saturated heterocycles. The first kappa shape index (κ1) is 19.0. The number of fused-ring (bicyclic) bond motifs is 1. The van der Waals surface area contributed by atoms with Gasteiger partial charge in [0.25, 0.3) is 0 Å². The van der Waals surface area contributed by atoms with E-state index in [-0.39, 0.29) is 24.0 Å². The lowest BCUT2D eigenvalue weighted by Gasteiger charge is -2.27. The second kappa shape index (κ2) is 7.26. The molecule has 2 aromatic carbocycles. The molecule has 2 heterocycles. The molecule has 28 heavy (non-hydrogen) atoms. The fourth-order valence-electron chi connectivity index (χ4n) is 3.47. The van der Waals surface area contributed by atoms with Crippen molar-refractivity contribution in [1.29, 1.82) is 0 Å². The van der Waals surface area contributed by atoms with E-state index >= 15 is 0 Å². The Bertz CT molecular complexity index is 977. The lowest BCUT2D eigenvalue weighted by Crippen LogP contribution is -2.42. The SMILES string of the molecule is O=S1(=O)N(CCC2CNCCO2)c2c(F)cccc2N1c1c(F)cccc1F. The maximum absolute atomic E-state index is 14.6. The van der Waals surface area contributed by atoms with Crippen molar-refractivity contribution in [2.45, 2.75) is 12.5 Å². The van der Waals surface area contributed by atoms with Crippen LogP contribution >= 0.6 is 0 Å². The average Bonchev–Trinajstić information content (AvgIpc) is 2.89. The number of morpholine rings is 1. The van der Waals surface area contributed by atoms with E-state index < -0.39 is 33.3 Å². The third-order valence-corrected chi connectivity index (χ3v) is 6.50. The minimum absolute atomic E-state index is 0.0881. The predicted molar refractivity (Wildman–Crippen MR) is 98.4 cm³/mol. The quantitative estimate of drug-likeness (QED) is 0.837. The van der Waals surface area contributed by atoms with Gasteiger partial charge in [-0.05, 0) is 30.7 Å². The fraction of sp³-hybridized carbons (Fsp3) is 0.333. The first-order valence-corrected chi connectivity index (χ1v) is 10.2. The zero-order chi connectivity index (χ0) is 19.9. The summed E-state index contributed by atoms with van der Waals surface area (Å²) < 4.78 is 76.6. The molecule has 0 bridgehead atoms. The molecule has 10 heteroatoms. The molecule has 0 aliphatic carbocycles. The third kappa shape index (κ3) is 3.11. The number of anilines is 3. The Morgan fingerprint density at radius 3 is 2.32 bits per heavy atom. The van der Waals surface area contributed by atoms with Crippen molar-refractivity contribution in [2.24, 2.45) is 0 Å². The van der Waals surface area contributed by atoms with Gasteiger partial charge < -0.3 is 10.1 Å². The Kier molecular flexibility index (Phi) is 4.94. The summed E-state index contributed by atoms with van der Waals surface area (Å²) in [6.45, 7) is 1.66. The van der Waals surface area contributed by atoms with Crippen LogP contribution in [0.1, 0.15) is 6.42 Å². The first-order chi connectivity index (χ1) is 13.4. The van der Waals surface area contributed by atoms with Gasteiger partial charge in [-0.15, -0.1) is 0 Å². The molecule has 0 aromatic heterocycles. The first-order valence-electron chi connectivity index (χ1n) is 8.79. The van der Waals surface area contributed by atoms with Crippen LogP contribution in [0, 0.1) is 17.5 Å². The molecule has 0 amide bonds. The van der Waals surface area contributed by atoms with Crippen molar-refractivity contribution in [3.8, 4) is 0 Å². The van der Waals surface area contributed by atoms with Crippen molar-refractivity contribution in [3.05, 3.63) is 53.8 Å². The van der Waals surface area contributed by atoms with Gasteiger partial charge in [0.05, 0.1) is 18.4 Å². The standard InChI is InChI=1S/C18H18F3N3O3S/c19-13-3-1-4-14(20)17(13)24-16-6-2-5-15(21)18(16)23(28(24,25)26)9-7-12-11-22-8-10-27-12/h1-6,12,22H,7-11H2. The van der Waals surface area contributed by atoms with E-state index in [1.165, 1.54) is 12.1 Å². The molecule has 2 aliphatic rings. The lowest BCUT2D eigenvalue weighted by atomic mass is 10.2. The van der Waals surface area contributed by atoms with Gasteiger partial charge >= 0.3 is 10.2 Å². The van der Waals surface area contributed by atoms with Crippen LogP contribution in [0.2, 0.25) is 0 Å². The number of nitrogens with one attached hydrogen (secondary N) is 1. The maximum atomic E-state index is 14.6. The topological polar surface area (TPSA) is 61.9 Å². The molecule has 0 spiro atoms. The molecule has 1 fully saturated rings. The normalized spacial score (nSPS) is 21.0. The summed E-state index contributed by atoms with van der Waals surface area (Å²) in [5.41, 5.74) is -1.12. The van der Waals surface area contributed by atoms with E-state index in [0.717, 1.165) is 28.6 Å². The molecule has 2 aromatic rings.